The number of nitrogens with zero attached hydrogens (tertiary/aromatic N) is 3. The summed E-state index contributed by atoms with van der Waals surface area (Å²) in [7, 11) is 0. The van der Waals surface area contributed by atoms with Gasteiger partial charge in [0, 0.05) is 42.3 Å². The van der Waals surface area contributed by atoms with Crippen LogP contribution in [-0.2, 0) is 6.54 Å². The molecule has 3 rings (SSSR count). The van der Waals surface area contributed by atoms with E-state index in [2.05, 4.69) is 9.88 Å². The molecule has 1 aromatic carbocycles. The average Bonchev–Trinajstić information content (AvgIpc) is 2.64. The Bertz CT molecular complexity index is 983. The molecular formula is C18H16FN5OS. The van der Waals surface area contributed by atoms with E-state index < -0.39 is 11.4 Å². The standard InChI is InChI=1S/C18H16FN5OS/c19-15-7-11(1-2-12(15)10-24-3-5-26-6-4-24)16-13(8-20)17(22)23-18(25)14(16)9-21/h1-2,7H,3-6,10H2,(H3,22,23,25). The van der Waals surface area contributed by atoms with Gasteiger partial charge in [0.05, 0.1) is 0 Å². The summed E-state index contributed by atoms with van der Waals surface area (Å²) in [6.45, 7) is 2.32. The highest BCUT2D eigenvalue weighted by molar-refractivity contribution is 7.99. The first-order valence-electron chi connectivity index (χ1n) is 8.00. The van der Waals surface area contributed by atoms with Crippen molar-refractivity contribution in [2.24, 2.45) is 0 Å². The number of rotatable bonds is 3. The van der Waals surface area contributed by atoms with Crippen LogP contribution in [0.5, 0.6) is 0 Å². The Kier molecular flexibility index (Phi) is 5.27. The minimum Gasteiger partial charge on any atom is -0.384 e. The first-order chi connectivity index (χ1) is 12.5. The van der Waals surface area contributed by atoms with Crippen LogP contribution in [0.4, 0.5) is 10.2 Å². The molecule has 1 saturated heterocycles. The van der Waals surface area contributed by atoms with Crippen molar-refractivity contribution in [3.05, 3.63) is 51.1 Å². The van der Waals surface area contributed by atoms with Crippen molar-refractivity contribution in [3.8, 4) is 23.3 Å². The Morgan fingerprint density at radius 1 is 1.23 bits per heavy atom. The van der Waals surface area contributed by atoms with E-state index in [4.69, 9.17) is 5.73 Å². The van der Waals surface area contributed by atoms with Gasteiger partial charge in [-0.1, -0.05) is 12.1 Å². The fourth-order valence-electron chi connectivity index (χ4n) is 2.96. The molecule has 1 aliphatic heterocycles. The summed E-state index contributed by atoms with van der Waals surface area (Å²) >= 11 is 1.88. The number of nitrogens with two attached hydrogens (primary N) is 1. The van der Waals surface area contributed by atoms with E-state index in [9.17, 15) is 19.7 Å². The zero-order valence-corrected chi connectivity index (χ0v) is 14.7. The van der Waals surface area contributed by atoms with E-state index in [1.165, 1.54) is 6.07 Å². The van der Waals surface area contributed by atoms with Crippen molar-refractivity contribution < 1.29 is 4.39 Å². The molecule has 2 aromatic rings. The van der Waals surface area contributed by atoms with Gasteiger partial charge < -0.3 is 10.7 Å². The molecule has 1 aliphatic rings. The summed E-state index contributed by atoms with van der Waals surface area (Å²) in [4.78, 5) is 16.4. The third-order valence-electron chi connectivity index (χ3n) is 4.31. The van der Waals surface area contributed by atoms with E-state index >= 15 is 0 Å². The lowest BCUT2D eigenvalue weighted by atomic mass is 9.95. The number of aromatic amines is 1. The highest BCUT2D eigenvalue weighted by Gasteiger charge is 2.20. The molecule has 2 heterocycles. The topological polar surface area (TPSA) is 110 Å². The zero-order valence-electron chi connectivity index (χ0n) is 13.9. The molecule has 0 amide bonds. The molecular weight excluding hydrogens is 353 g/mol. The van der Waals surface area contributed by atoms with Gasteiger partial charge in [0.25, 0.3) is 5.56 Å². The van der Waals surface area contributed by atoms with E-state index in [1.807, 2.05) is 17.8 Å². The van der Waals surface area contributed by atoms with E-state index in [0.29, 0.717) is 12.1 Å². The third-order valence-corrected chi connectivity index (χ3v) is 5.25. The minimum absolute atomic E-state index is 0.0404. The number of halogens is 1. The highest BCUT2D eigenvalue weighted by Crippen LogP contribution is 2.29. The number of thioether (sulfide) groups is 1. The van der Waals surface area contributed by atoms with Crippen LogP contribution >= 0.6 is 11.8 Å². The number of nitriles is 2. The highest BCUT2D eigenvalue weighted by atomic mass is 32.2. The fraction of sp³-hybridized carbons (Fsp3) is 0.278. The van der Waals surface area contributed by atoms with Crippen LogP contribution in [0.3, 0.4) is 0 Å². The maximum atomic E-state index is 14.6. The zero-order chi connectivity index (χ0) is 18.7. The molecule has 0 spiro atoms. The van der Waals surface area contributed by atoms with Crippen molar-refractivity contribution in [1.29, 1.82) is 10.5 Å². The monoisotopic (exact) mass is 369 g/mol. The van der Waals surface area contributed by atoms with E-state index in [-0.39, 0.29) is 28.1 Å². The number of nitrogen functional groups attached to an aromatic ring is 1. The van der Waals surface area contributed by atoms with Crippen molar-refractivity contribution in [3.63, 3.8) is 0 Å². The van der Waals surface area contributed by atoms with Gasteiger partial charge in [-0.15, -0.1) is 0 Å². The molecule has 0 radical (unpaired) electrons. The minimum atomic E-state index is -0.700. The third kappa shape index (κ3) is 3.43. The van der Waals surface area contributed by atoms with Gasteiger partial charge in [0.1, 0.15) is 34.9 Å². The van der Waals surface area contributed by atoms with Crippen LogP contribution in [0.1, 0.15) is 16.7 Å². The normalized spacial score (nSPS) is 14.6. The second-order valence-electron chi connectivity index (χ2n) is 5.91. The summed E-state index contributed by atoms with van der Waals surface area (Å²) in [6.07, 6.45) is 0. The van der Waals surface area contributed by atoms with E-state index in [1.54, 1.807) is 18.2 Å². The lowest BCUT2D eigenvalue weighted by Crippen LogP contribution is -2.32. The number of aromatic nitrogens is 1. The summed E-state index contributed by atoms with van der Waals surface area (Å²) in [5, 5.41) is 18.6. The van der Waals surface area contributed by atoms with Gasteiger partial charge in [-0.25, -0.2) is 4.39 Å². The number of hydrogen-bond donors (Lipinski definition) is 2. The Hall–Kier alpha value is -2.81. The molecule has 0 aliphatic carbocycles. The Morgan fingerprint density at radius 3 is 2.54 bits per heavy atom. The van der Waals surface area contributed by atoms with Crippen molar-refractivity contribution >= 4 is 17.6 Å². The number of hydrogen-bond acceptors (Lipinski definition) is 6. The summed E-state index contributed by atoms with van der Waals surface area (Å²) in [5.41, 5.74) is 5.59. The van der Waals surface area contributed by atoms with Gasteiger partial charge in [-0.2, -0.15) is 22.3 Å². The van der Waals surface area contributed by atoms with Crippen molar-refractivity contribution in [1.82, 2.24) is 9.88 Å². The molecule has 8 heteroatoms. The largest absolute Gasteiger partial charge is 0.384 e. The van der Waals surface area contributed by atoms with Crippen LogP contribution in [0.2, 0.25) is 0 Å². The first kappa shape index (κ1) is 18.0. The smallest absolute Gasteiger partial charge is 0.268 e. The molecule has 26 heavy (non-hydrogen) atoms. The SMILES string of the molecule is N#Cc1c(N)[nH]c(=O)c(C#N)c1-c1ccc(CN2CCSCC2)c(F)c1. The Balaban J connectivity index is 2.04. The maximum Gasteiger partial charge on any atom is 0.268 e. The maximum absolute atomic E-state index is 14.6. The Morgan fingerprint density at radius 2 is 1.92 bits per heavy atom. The van der Waals surface area contributed by atoms with Gasteiger partial charge in [0.2, 0.25) is 0 Å². The predicted molar refractivity (Wildman–Crippen MR) is 98.9 cm³/mol. The summed E-state index contributed by atoms with van der Waals surface area (Å²) in [5.74, 6) is 1.49. The summed E-state index contributed by atoms with van der Waals surface area (Å²) < 4.78 is 14.6. The molecule has 1 aromatic heterocycles. The number of H-pyrrole nitrogens is 1. The number of pyridine rings is 1. The van der Waals surface area contributed by atoms with Crippen LogP contribution in [-0.4, -0.2) is 34.5 Å². The average molecular weight is 369 g/mol. The summed E-state index contributed by atoms with van der Waals surface area (Å²) in [6, 6.07) is 8.17. The molecule has 132 valence electrons. The molecule has 3 N–H and O–H groups in total. The quantitative estimate of drug-likeness (QED) is 0.857. The Labute approximate surface area is 154 Å². The lowest BCUT2D eigenvalue weighted by Gasteiger charge is -2.26. The van der Waals surface area contributed by atoms with Crippen molar-refractivity contribution in [2.45, 2.75) is 6.54 Å². The molecule has 0 saturated carbocycles. The van der Waals surface area contributed by atoms with Crippen molar-refractivity contribution in [2.75, 3.05) is 30.3 Å². The number of benzene rings is 1. The predicted octanol–water partition coefficient (Wildman–Crippen LogP) is 2.06. The molecule has 0 unspecified atom stereocenters. The molecule has 0 bridgehead atoms. The lowest BCUT2D eigenvalue weighted by molar-refractivity contribution is 0.290. The second kappa shape index (κ2) is 7.61. The molecule has 0 atom stereocenters. The van der Waals surface area contributed by atoms with Gasteiger partial charge in [-0.3, -0.25) is 9.69 Å². The molecule has 1 fully saturated rings. The van der Waals surface area contributed by atoms with Gasteiger partial charge in [-0.05, 0) is 11.6 Å². The fourth-order valence-corrected chi connectivity index (χ4v) is 3.94. The van der Waals surface area contributed by atoms with Gasteiger partial charge >= 0.3 is 0 Å². The number of anilines is 1. The second-order valence-corrected chi connectivity index (χ2v) is 7.14. The van der Waals surface area contributed by atoms with Crippen LogP contribution < -0.4 is 11.3 Å². The van der Waals surface area contributed by atoms with E-state index in [0.717, 1.165) is 24.6 Å². The van der Waals surface area contributed by atoms with Crippen LogP contribution in [0, 0.1) is 28.5 Å². The molecule has 6 nitrogen and oxygen atoms in total. The van der Waals surface area contributed by atoms with Crippen LogP contribution in [0.15, 0.2) is 23.0 Å². The number of nitrogens with one attached hydrogen (secondary N) is 1. The van der Waals surface area contributed by atoms with Crippen LogP contribution in [0.25, 0.3) is 11.1 Å². The first-order valence-corrected chi connectivity index (χ1v) is 9.15. The van der Waals surface area contributed by atoms with Gasteiger partial charge in [0.15, 0.2) is 0 Å².